The number of carbonyl (C=O) groups is 4. The molecule has 1 aliphatic rings. The van der Waals surface area contributed by atoms with Crippen LogP contribution in [0.5, 0.6) is 11.5 Å². The van der Waals surface area contributed by atoms with E-state index in [1.807, 2.05) is 60.7 Å². The number of benzene rings is 3. The lowest BCUT2D eigenvalue weighted by molar-refractivity contribution is -0.138. The van der Waals surface area contributed by atoms with Crippen molar-refractivity contribution < 1.29 is 28.7 Å². The SMILES string of the molecule is CC(=O)[C@@H](C(=O)NCc1ccccc1)C(c1ccc2c(c1)OCO2)[C@@H](C(C)=O)C(=O)NCc1ccccc1. The predicted octanol–water partition coefficient (Wildman–Crippen LogP) is 3.54. The van der Waals surface area contributed by atoms with Crippen LogP contribution in [0.15, 0.2) is 78.9 Å². The van der Waals surface area contributed by atoms with E-state index >= 15 is 0 Å². The lowest BCUT2D eigenvalue weighted by Gasteiger charge is -2.30. The van der Waals surface area contributed by atoms with Crippen LogP contribution >= 0.6 is 0 Å². The number of Topliss-reactive ketones (excluding diaryl/α,β-unsaturated/α-hetero) is 2. The molecular formula is C30H30N2O6. The van der Waals surface area contributed by atoms with Crippen LogP contribution in [0.25, 0.3) is 0 Å². The zero-order valence-electron chi connectivity index (χ0n) is 21.3. The van der Waals surface area contributed by atoms with Crippen molar-refractivity contribution in [2.75, 3.05) is 6.79 Å². The zero-order chi connectivity index (χ0) is 27.1. The number of amides is 2. The number of hydrogen-bond acceptors (Lipinski definition) is 6. The Kier molecular flexibility index (Phi) is 8.53. The maximum atomic E-state index is 13.5. The standard InChI is InChI=1S/C30H30N2O6/c1-19(33)26(29(35)31-16-21-9-5-3-6-10-21)28(23-13-14-24-25(15-23)38-18-37-24)27(20(2)34)30(36)32-17-22-11-7-4-8-12-22/h3-15,26-28H,16-18H2,1-2H3,(H,31,35)(H,32,36)/t26-,27-/m1/s1. The van der Waals surface area contributed by atoms with Crippen molar-refractivity contribution in [3.8, 4) is 11.5 Å². The van der Waals surface area contributed by atoms with E-state index in [4.69, 9.17) is 9.47 Å². The average Bonchev–Trinajstić information content (AvgIpc) is 3.39. The van der Waals surface area contributed by atoms with Gasteiger partial charge >= 0.3 is 0 Å². The molecule has 0 aliphatic carbocycles. The Hall–Kier alpha value is -4.46. The van der Waals surface area contributed by atoms with Crippen molar-refractivity contribution in [2.24, 2.45) is 11.8 Å². The Morgan fingerprint density at radius 3 is 1.63 bits per heavy atom. The highest BCUT2D eigenvalue weighted by Gasteiger charge is 2.44. The summed E-state index contributed by atoms with van der Waals surface area (Å²) >= 11 is 0. The van der Waals surface area contributed by atoms with E-state index in [0.717, 1.165) is 11.1 Å². The topological polar surface area (TPSA) is 111 Å². The summed E-state index contributed by atoms with van der Waals surface area (Å²) in [5.74, 6) is -4.77. The fraction of sp³-hybridized carbons (Fsp3) is 0.267. The first kappa shape index (κ1) is 26.6. The van der Waals surface area contributed by atoms with Gasteiger partial charge in [-0.3, -0.25) is 19.2 Å². The van der Waals surface area contributed by atoms with Crippen molar-refractivity contribution in [2.45, 2.75) is 32.9 Å². The molecule has 0 saturated carbocycles. The van der Waals surface area contributed by atoms with E-state index in [9.17, 15) is 19.2 Å². The number of carbonyl (C=O) groups excluding carboxylic acids is 4. The molecule has 2 N–H and O–H groups in total. The molecule has 0 aromatic heterocycles. The summed E-state index contributed by atoms with van der Waals surface area (Å²) in [4.78, 5) is 53.0. The minimum atomic E-state index is -1.30. The third-order valence-corrected chi connectivity index (χ3v) is 6.56. The van der Waals surface area contributed by atoms with Gasteiger partial charge in [-0.25, -0.2) is 0 Å². The highest BCUT2D eigenvalue weighted by Crippen LogP contribution is 2.40. The van der Waals surface area contributed by atoms with E-state index in [-0.39, 0.29) is 19.9 Å². The van der Waals surface area contributed by atoms with Gasteiger partial charge in [0.05, 0.1) is 0 Å². The number of fused-ring (bicyclic) bond motifs is 1. The summed E-state index contributed by atoms with van der Waals surface area (Å²) in [5.41, 5.74) is 2.16. The van der Waals surface area contributed by atoms with Crippen molar-refractivity contribution in [3.63, 3.8) is 0 Å². The van der Waals surface area contributed by atoms with Gasteiger partial charge in [0.2, 0.25) is 18.6 Å². The summed E-state index contributed by atoms with van der Waals surface area (Å²) in [7, 11) is 0. The Morgan fingerprint density at radius 2 is 1.16 bits per heavy atom. The molecular weight excluding hydrogens is 484 g/mol. The fourth-order valence-electron chi connectivity index (χ4n) is 4.69. The molecule has 0 saturated heterocycles. The number of hydrogen-bond donors (Lipinski definition) is 2. The van der Waals surface area contributed by atoms with Gasteiger partial charge in [0.25, 0.3) is 0 Å². The lowest BCUT2D eigenvalue weighted by Crippen LogP contribution is -2.46. The first-order valence-electron chi connectivity index (χ1n) is 12.4. The Labute approximate surface area is 221 Å². The smallest absolute Gasteiger partial charge is 0.231 e. The van der Waals surface area contributed by atoms with Crippen molar-refractivity contribution >= 4 is 23.4 Å². The minimum absolute atomic E-state index is 0.0326. The lowest BCUT2D eigenvalue weighted by atomic mass is 9.72. The number of nitrogens with one attached hydrogen (secondary N) is 2. The summed E-state index contributed by atoms with van der Waals surface area (Å²) in [6, 6.07) is 23.5. The molecule has 0 radical (unpaired) electrons. The molecule has 2 atom stereocenters. The van der Waals surface area contributed by atoms with Crippen LogP contribution < -0.4 is 20.1 Å². The van der Waals surface area contributed by atoms with Crippen LogP contribution in [0, 0.1) is 11.8 Å². The minimum Gasteiger partial charge on any atom is -0.454 e. The average molecular weight is 515 g/mol. The van der Waals surface area contributed by atoms with Gasteiger partial charge in [-0.15, -0.1) is 0 Å². The van der Waals surface area contributed by atoms with Gasteiger partial charge < -0.3 is 20.1 Å². The summed E-state index contributed by atoms with van der Waals surface area (Å²) in [6.07, 6.45) is 0. The monoisotopic (exact) mass is 514 g/mol. The summed E-state index contributed by atoms with van der Waals surface area (Å²) in [6.45, 7) is 3.02. The van der Waals surface area contributed by atoms with Crippen molar-refractivity contribution in [1.82, 2.24) is 10.6 Å². The van der Waals surface area contributed by atoms with Gasteiger partial charge in [-0.2, -0.15) is 0 Å². The predicted molar refractivity (Wildman–Crippen MR) is 140 cm³/mol. The molecule has 0 fully saturated rings. The number of ether oxygens (including phenoxy) is 2. The van der Waals surface area contributed by atoms with Gasteiger partial charge in [0.15, 0.2) is 11.5 Å². The van der Waals surface area contributed by atoms with Crippen molar-refractivity contribution in [1.29, 1.82) is 0 Å². The van der Waals surface area contributed by atoms with Gasteiger partial charge in [0, 0.05) is 19.0 Å². The second-order valence-electron chi connectivity index (χ2n) is 9.22. The Bertz CT molecular complexity index is 1240. The van der Waals surface area contributed by atoms with Crippen LogP contribution in [0.1, 0.15) is 36.5 Å². The largest absolute Gasteiger partial charge is 0.454 e. The van der Waals surface area contributed by atoms with Crippen molar-refractivity contribution in [3.05, 3.63) is 95.6 Å². The Morgan fingerprint density at radius 1 is 0.684 bits per heavy atom. The molecule has 196 valence electrons. The summed E-state index contributed by atoms with van der Waals surface area (Å²) in [5, 5.41) is 5.63. The van der Waals surface area contributed by atoms with E-state index in [2.05, 4.69) is 10.6 Å². The molecule has 0 unspecified atom stereocenters. The quantitative estimate of drug-likeness (QED) is 0.379. The Balaban J connectivity index is 1.68. The van der Waals surface area contributed by atoms with Crippen LogP contribution in [0.3, 0.4) is 0 Å². The highest BCUT2D eigenvalue weighted by atomic mass is 16.7. The second kappa shape index (κ2) is 12.2. The molecule has 38 heavy (non-hydrogen) atoms. The van der Waals surface area contributed by atoms with E-state index in [1.165, 1.54) is 13.8 Å². The number of ketones is 2. The van der Waals surface area contributed by atoms with E-state index in [0.29, 0.717) is 17.1 Å². The molecule has 4 rings (SSSR count). The van der Waals surface area contributed by atoms with E-state index in [1.54, 1.807) is 18.2 Å². The summed E-state index contributed by atoms with van der Waals surface area (Å²) < 4.78 is 10.9. The van der Waals surface area contributed by atoms with Crippen LogP contribution in [-0.2, 0) is 32.3 Å². The highest BCUT2D eigenvalue weighted by molar-refractivity contribution is 6.06. The van der Waals surface area contributed by atoms with Gasteiger partial charge in [-0.1, -0.05) is 66.7 Å². The molecule has 0 spiro atoms. The molecule has 2 amide bonds. The molecule has 8 heteroatoms. The fourth-order valence-corrected chi connectivity index (χ4v) is 4.69. The van der Waals surface area contributed by atoms with E-state index < -0.39 is 41.1 Å². The maximum absolute atomic E-state index is 13.5. The first-order valence-corrected chi connectivity index (χ1v) is 12.4. The molecule has 0 bridgehead atoms. The molecule has 3 aromatic rings. The zero-order valence-corrected chi connectivity index (χ0v) is 21.3. The normalized spacial score (nSPS) is 13.4. The second-order valence-corrected chi connectivity index (χ2v) is 9.22. The molecule has 1 aliphatic heterocycles. The maximum Gasteiger partial charge on any atom is 0.231 e. The van der Waals surface area contributed by atoms with Crippen LogP contribution in [0.2, 0.25) is 0 Å². The van der Waals surface area contributed by atoms with Crippen LogP contribution in [0.4, 0.5) is 0 Å². The first-order chi connectivity index (χ1) is 18.3. The third-order valence-electron chi connectivity index (χ3n) is 6.56. The van der Waals surface area contributed by atoms with Gasteiger partial charge in [0.1, 0.15) is 23.4 Å². The van der Waals surface area contributed by atoms with Crippen LogP contribution in [-0.4, -0.2) is 30.2 Å². The third kappa shape index (κ3) is 6.26. The number of rotatable bonds is 11. The molecule has 1 heterocycles. The van der Waals surface area contributed by atoms with Gasteiger partial charge in [-0.05, 0) is 42.7 Å². The molecule has 8 nitrogen and oxygen atoms in total. The molecule has 3 aromatic carbocycles.